The van der Waals surface area contributed by atoms with Gasteiger partial charge in [-0.15, -0.1) is 0 Å². The van der Waals surface area contributed by atoms with Crippen molar-refractivity contribution in [2.45, 2.75) is 33.4 Å². The van der Waals surface area contributed by atoms with Gasteiger partial charge in [0.1, 0.15) is 11.5 Å². The highest BCUT2D eigenvalue weighted by Crippen LogP contribution is 2.26. The third kappa shape index (κ3) is 3.30. The maximum Gasteiger partial charge on any atom is 0.271 e. The Kier molecular flexibility index (Phi) is 5.18. The Morgan fingerprint density at radius 3 is 2.82 bits per heavy atom. The van der Waals surface area contributed by atoms with Crippen LogP contribution in [0.15, 0.2) is 6.20 Å². The van der Waals surface area contributed by atoms with Crippen molar-refractivity contribution in [2.24, 2.45) is 5.92 Å². The van der Waals surface area contributed by atoms with E-state index >= 15 is 0 Å². The molecule has 0 bridgehead atoms. The molecule has 0 spiro atoms. The molecule has 2 rings (SSSR count). The van der Waals surface area contributed by atoms with Gasteiger partial charge >= 0.3 is 0 Å². The maximum atomic E-state index is 12.2. The maximum absolute atomic E-state index is 12.2. The molecule has 1 N–H and O–H groups in total. The monoisotopic (exact) mass is 308 g/mol. The zero-order valence-electron chi connectivity index (χ0n) is 13.6. The second kappa shape index (κ2) is 6.91. The molecule has 22 heavy (non-hydrogen) atoms. The van der Waals surface area contributed by atoms with Gasteiger partial charge in [-0.1, -0.05) is 13.8 Å². The fourth-order valence-corrected chi connectivity index (χ4v) is 2.59. The van der Waals surface area contributed by atoms with Gasteiger partial charge < -0.3 is 19.5 Å². The Hall–Kier alpha value is -1.89. The number of carbonyl (C=O) groups is 2. The van der Waals surface area contributed by atoms with E-state index in [4.69, 9.17) is 4.74 Å². The van der Waals surface area contributed by atoms with Gasteiger partial charge in [-0.05, 0) is 6.92 Å². The molecule has 0 fully saturated rings. The van der Waals surface area contributed by atoms with Crippen molar-refractivity contribution in [2.75, 3.05) is 26.8 Å². The zero-order chi connectivity index (χ0) is 16.3. The smallest absolute Gasteiger partial charge is 0.271 e. The minimum Gasteiger partial charge on any atom is -0.383 e. The lowest BCUT2D eigenvalue weighted by Crippen LogP contribution is -2.42. The lowest BCUT2D eigenvalue weighted by molar-refractivity contribution is -0.137. The van der Waals surface area contributed by atoms with Crippen LogP contribution in [0.3, 0.4) is 0 Å². The molecule has 1 aromatic heterocycles. The Morgan fingerprint density at radius 2 is 2.18 bits per heavy atom. The lowest BCUT2D eigenvalue weighted by Gasteiger charge is -2.34. The molecule has 1 atom stereocenters. The molecule has 0 aliphatic carbocycles. The molecule has 0 saturated carbocycles. The quantitative estimate of drug-likeness (QED) is 0.817. The molecule has 7 nitrogen and oxygen atoms in total. The number of fused-ring (bicyclic) bond motifs is 1. The summed E-state index contributed by atoms with van der Waals surface area (Å²) >= 11 is 0. The summed E-state index contributed by atoms with van der Waals surface area (Å²) in [5, 5.41) is 2.76. The molecule has 1 aliphatic rings. The van der Waals surface area contributed by atoms with Crippen LogP contribution in [-0.4, -0.2) is 53.1 Å². The van der Waals surface area contributed by atoms with E-state index in [-0.39, 0.29) is 23.8 Å². The highest BCUT2D eigenvalue weighted by atomic mass is 16.5. The van der Waals surface area contributed by atoms with E-state index in [0.717, 1.165) is 5.82 Å². The first-order valence-electron chi connectivity index (χ1n) is 7.60. The molecular formula is C15H24N4O3. The first-order chi connectivity index (χ1) is 10.5. The Morgan fingerprint density at radius 1 is 1.45 bits per heavy atom. The summed E-state index contributed by atoms with van der Waals surface area (Å²) in [6.07, 6.45) is 1.76. The van der Waals surface area contributed by atoms with Gasteiger partial charge in [-0.25, -0.2) is 4.98 Å². The van der Waals surface area contributed by atoms with E-state index in [9.17, 15) is 9.59 Å². The number of aromatic nitrogens is 2. The average molecular weight is 308 g/mol. The minimum absolute atomic E-state index is 0.0409. The molecule has 2 heterocycles. The summed E-state index contributed by atoms with van der Waals surface area (Å²) in [7, 11) is 1.59. The van der Waals surface area contributed by atoms with Crippen molar-refractivity contribution in [3.8, 4) is 0 Å². The summed E-state index contributed by atoms with van der Waals surface area (Å²) in [4.78, 5) is 30.5. The third-order valence-corrected chi connectivity index (χ3v) is 3.83. The van der Waals surface area contributed by atoms with Crippen molar-refractivity contribution in [1.82, 2.24) is 19.8 Å². The van der Waals surface area contributed by atoms with Crippen LogP contribution >= 0.6 is 0 Å². The van der Waals surface area contributed by atoms with Crippen LogP contribution in [0.5, 0.6) is 0 Å². The third-order valence-electron chi connectivity index (χ3n) is 3.83. The predicted octanol–water partition coefficient (Wildman–Crippen LogP) is 0.818. The number of imidazole rings is 1. The molecule has 0 aromatic carbocycles. The molecule has 0 unspecified atom stereocenters. The number of methoxy groups -OCH3 is 1. The van der Waals surface area contributed by atoms with E-state index in [1.807, 2.05) is 30.2 Å². The summed E-state index contributed by atoms with van der Waals surface area (Å²) in [5.41, 5.74) is 0.386. The molecule has 2 amide bonds. The number of carbonyl (C=O) groups excluding carboxylic acids is 2. The summed E-state index contributed by atoms with van der Waals surface area (Å²) in [6.45, 7) is 7.96. The van der Waals surface area contributed by atoms with Crippen LogP contribution in [-0.2, 0) is 16.1 Å². The van der Waals surface area contributed by atoms with Crippen LogP contribution < -0.4 is 5.32 Å². The van der Waals surface area contributed by atoms with Crippen molar-refractivity contribution in [3.63, 3.8) is 0 Å². The van der Waals surface area contributed by atoms with E-state index in [1.165, 1.54) is 0 Å². The SMILES string of the molecule is COCCNC(=O)c1cn2c(n1)[C@H](C)N(C(=O)C(C)C)CC2. The number of nitrogens with zero attached hydrogens (tertiary/aromatic N) is 3. The summed E-state index contributed by atoms with van der Waals surface area (Å²) < 4.78 is 6.86. The molecule has 7 heteroatoms. The number of rotatable bonds is 5. The van der Waals surface area contributed by atoms with E-state index < -0.39 is 0 Å². The highest BCUT2D eigenvalue weighted by molar-refractivity contribution is 5.92. The topological polar surface area (TPSA) is 76.5 Å². The largest absolute Gasteiger partial charge is 0.383 e. The van der Waals surface area contributed by atoms with Crippen LogP contribution in [0.25, 0.3) is 0 Å². The number of nitrogens with one attached hydrogen (secondary N) is 1. The van der Waals surface area contributed by atoms with Gasteiger partial charge in [0.15, 0.2) is 0 Å². The normalized spacial score (nSPS) is 17.5. The number of hydrogen-bond acceptors (Lipinski definition) is 4. The lowest BCUT2D eigenvalue weighted by atomic mass is 10.1. The minimum atomic E-state index is -0.215. The van der Waals surface area contributed by atoms with Gasteiger partial charge in [0.25, 0.3) is 5.91 Å². The predicted molar refractivity (Wildman–Crippen MR) is 81.4 cm³/mol. The standard InChI is InChI=1S/C15H24N4O3/c1-10(2)15(21)19-7-6-18-9-12(17-13(18)11(19)3)14(20)16-5-8-22-4/h9-11H,5-8H2,1-4H3,(H,16,20)/t11-/m0/s1. The molecule has 122 valence electrons. The Balaban J connectivity index is 2.12. The van der Waals surface area contributed by atoms with Gasteiger partial charge in [0.05, 0.1) is 12.6 Å². The Bertz CT molecular complexity index is 553. The van der Waals surface area contributed by atoms with Gasteiger partial charge in [-0.2, -0.15) is 0 Å². The molecular weight excluding hydrogens is 284 g/mol. The fraction of sp³-hybridized carbons (Fsp3) is 0.667. The highest BCUT2D eigenvalue weighted by Gasteiger charge is 2.31. The van der Waals surface area contributed by atoms with Crippen molar-refractivity contribution in [3.05, 3.63) is 17.7 Å². The zero-order valence-corrected chi connectivity index (χ0v) is 13.6. The first kappa shape index (κ1) is 16.5. The second-order valence-corrected chi connectivity index (χ2v) is 5.79. The van der Waals surface area contributed by atoms with Gasteiger partial charge in [-0.3, -0.25) is 9.59 Å². The van der Waals surface area contributed by atoms with Gasteiger partial charge in [0.2, 0.25) is 5.91 Å². The van der Waals surface area contributed by atoms with Crippen molar-refractivity contribution < 1.29 is 14.3 Å². The van der Waals surface area contributed by atoms with Crippen LogP contribution in [0.1, 0.15) is 43.1 Å². The molecule has 1 aliphatic heterocycles. The van der Waals surface area contributed by atoms with Crippen molar-refractivity contribution >= 4 is 11.8 Å². The van der Waals surface area contributed by atoms with Crippen molar-refractivity contribution in [1.29, 1.82) is 0 Å². The van der Waals surface area contributed by atoms with E-state index in [1.54, 1.807) is 13.3 Å². The first-order valence-corrected chi connectivity index (χ1v) is 7.60. The molecule has 0 radical (unpaired) electrons. The number of amides is 2. The average Bonchev–Trinajstić information content (AvgIpc) is 2.92. The van der Waals surface area contributed by atoms with E-state index in [2.05, 4.69) is 10.3 Å². The molecule has 0 saturated heterocycles. The number of hydrogen-bond donors (Lipinski definition) is 1. The van der Waals surface area contributed by atoms with Crippen LogP contribution in [0, 0.1) is 5.92 Å². The van der Waals surface area contributed by atoms with Crippen LogP contribution in [0.2, 0.25) is 0 Å². The number of ether oxygens (including phenoxy) is 1. The Labute approximate surface area is 130 Å². The van der Waals surface area contributed by atoms with Gasteiger partial charge in [0, 0.05) is 38.9 Å². The fourth-order valence-electron chi connectivity index (χ4n) is 2.59. The van der Waals surface area contributed by atoms with Crippen LogP contribution in [0.4, 0.5) is 0 Å². The summed E-state index contributed by atoms with van der Waals surface area (Å²) in [5.74, 6) is 0.624. The second-order valence-electron chi connectivity index (χ2n) is 5.79. The molecule has 1 aromatic rings. The van der Waals surface area contributed by atoms with E-state index in [0.29, 0.717) is 31.9 Å². The summed E-state index contributed by atoms with van der Waals surface area (Å²) in [6, 6.07) is -0.121.